The van der Waals surface area contributed by atoms with E-state index in [0.29, 0.717) is 12.1 Å². The van der Waals surface area contributed by atoms with Gasteiger partial charge < -0.3 is 9.30 Å². The number of imidazole rings is 1. The lowest BCUT2D eigenvalue weighted by Gasteiger charge is -2.09. The second-order valence-corrected chi connectivity index (χ2v) is 4.35. The fourth-order valence-electron chi connectivity index (χ4n) is 1.65. The van der Waals surface area contributed by atoms with Crippen molar-refractivity contribution in [1.29, 1.82) is 0 Å². The zero-order chi connectivity index (χ0) is 13.7. The first-order valence-electron chi connectivity index (χ1n) is 6.02. The van der Waals surface area contributed by atoms with Crippen molar-refractivity contribution in [2.24, 2.45) is 0 Å². The number of rotatable bonds is 5. The molecule has 1 aromatic carbocycles. The van der Waals surface area contributed by atoms with Gasteiger partial charge in [0.25, 0.3) is 0 Å². The molecule has 0 amide bonds. The number of hydrogen-bond donors (Lipinski definition) is 0. The molecule has 0 aliphatic carbocycles. The van der Waals surface area contributed by atoms with E-state index in [1.807, 2.05) is 34.9 Å². The molecule has 0 fully saturated rings. The standard InChI is InChI=1S/C15H16N2O2/c1-12(2)15(18)19-10-14-8-16-11-17(14)9-13-6-4-3-5-7-13/h3-8,11H,1,9-10H2,2H3. The molecule has 0 saturated heterocycles. The van der Waals surface area contributed by atoms with Gasteiger partial charge in [-0.3, -0.25) is 0 Å². The van der Waals surface area contributed by atoms with Crippen molar-refractivity contribution >= 4 is 5.97 Å². The van der Waals surface area contributed by atoms with Gasteiger partial charge in [-0.2, -0.15) is 0 Å². The molecule has 0 aliphatic heterocycles. The van der Waals surface area contributed by atoms with Crippen molar-refractivity contribution < 1.29 is 9.53 Å². The molecule has 1 heterocycles. The average molecular weight is 256 g/mol. The van der Waals surface area contributed by atoms with E-state index in [0.717, 1.165) is 5.69 Å². The van der Waals surface area contributed by atoms with Crippen molar-refractivity contribution in [3.05, 3.63) is 66.3 Å². The Hall–Kier alpha value is -2.36. The Labute approximate surface area is 112 Å². The fraction of sp³-hybridized carbons (Fsp3) is 0.200. The minimum absolute atomic E-state index is 0.207. The lowest BCUT2D eigenvalue weighted by molar-refractivity contribution is -0.140. The number of hydrogen-bond acceptors (Lipinski definition) is 3. The van der Waals surface area contributed by atoms with Crippen LogP contribution in [-0.2, 0) is 22.7 Å². The Balaban J connectivity index is 2.02. The summed E-state index contributed by atoms with van der Waals surface area (Å²) in [6, 6.07) is 10.1. The highest BCUT2D eigenvalue weighted by Gasteiger charge is 2.07. The summed E-state index contributed by atoms with van der Waals surface area (Å²) in [5.74, 6) is -0.382. The first kappa shape index (κ1) is 13.1. The second kappa shape index (κ2) is 6.00. The summed E-state index contributed by atoms with van der Waals surface area (Å²) in [4.78, 5) is 15.4. The average Bonchev–Trinajstić information content (AvgIpc) is 2.84. The lowest BCUT2D eigenvalue weighted by atomic mass is 10.2. The molecule has 1 aromatic heterocycles. The van der Waals surface area contributed by atoms with Gasteiger partial charge >= 0.3 is 5.97 Å². The largest absolute Gasteiger partial charge is 0.456 e. The van der Waals surface area contributed by atoms with Crippen LogP contribution in [0.4, 0.5) is 0 Å². The monoisotopic (exact) mass is 256 g/mol. The predicted octanol–water partition coefficient (Wildman–Crippen LogP) is 2.55. The topological polar surface area (TPSA) is 44.1 Å². The Kier molecular flexibility index (Phi) is 4.13. The van der Waals surface area contributed by atoms with Crippen molar-refractivity contribution in [3.63, 3.8) is 0 Å². The highest BCUT2D eigenvalue weighted by Crippen LogP contribution is 2.08. The molecule has 19 heavy (non-hydrogen) atoms. The van der Waals surface area contributed by atoms with E-state index in [9.17, 15) is 4.79 Å². The van der Waals surface area contributed by atoms with E-state index in [1.54, 1.807) is 19.4 Å². The number of carbonyl (C=O) groups is 1. The first-order chi connectivity index (χ1) is 9.16. The third-order valence-electron chi connectivity index (χ3n) is 2.69. The van der Waals surface area contributed by atoms with Crippen LogP contribution in [0.5, 0.6) is 0 Å². The van der Waals surface area contributed by atoms with E-state index in [2.05, 4.69) is 11.6 Å². The van der Waals surface area contributed by atoms with Gasteiger partial charge in [0.05, 0.1) is 18.2 Å². The number of carbonyl (C=O) groups excluding carboxylic acids is 1. The van der Waals surface area contributed by atoms with Crippen LogP contribution < -0.4 is 0 Å². The Morgan fingerprint density at radius 2 is 2.11 bits per heavy atom. The highest BCUT2D eigenvalue weighted by molar-refractivity contribution is 5.86. The third kappa shape index (κ3) is 3.55. The Morgan fingerprint density at radius 1 is 1.37 bits per heavy atom. The zero-order valence-electron chi connectivity index (χ0n) is 10.9. The maximum absolute atomic E-state index is 11.4. The fourth-order valence-corrected chi connectivity index (χ4v) is 1.65. The number of benzene rings is 1. The highest BCUT2D eigenvalue weighted by atomic mass is 16.5. The maximum atomic E-state index is 11.4. The molecule has 0 unspecified atom stereocenters. The number of ether oxygens (including phenoxy) is 1. The van der Waals surface area contributed by atoms with Crippen LogP contribution in [0, 0.1) is 0 Å². The van der Waals surface area contributed by atoms with Gasteiger partial charge in [-0.05, 0) is 12.5 Å². The number of esters is 1. The van der Waals surface area contributed by atoms with E-state index in [1.165, 1.54) is 5.56 Å². The molecule has 2 rings (SSSR count). The van der Waals surface area contributed by atoms with Gasteiger partial charge in [-0.25, -0.2) is 9.78 Å². The van der Waals surface area contributed by atoms with Crippen LogP contribution in [0.3, 0.4) is 0 Å². The van der Waals surface area contributed by atoms with E-state index < -0.39 is 0 Å². The minimum atomic E-state index is -0.382. The Bertz CT molecular complexity index is 573. The molecule has 4 heteroatoms. The number of aromatic nitrogens is 2. The SMILES string of the molecule is C=C(C)C(=O)OCc1cncn1Cc1ccccc1. The van der Waals surface area contributed by atoms with Gasteiger partial charge in [0, 0.05) is 12.1 Å². The smallest absolute Gasteiger partial charge is 0.333 e. The van der Waals surface area contributed by atoms with Crippen LogP contribution in [-0.4, -0.2) is 15.5 Å². The molecule has 0 saturated carbocycles. The molecule has 0 spiro atoms. The van der Waals surface area contributed by atoms with Crippen LogP contribution in [0.1, 0.15) is 18.2 Å². The summed E-state index contributed by atoms with van der Waals surface area (Å²) >= 11 is 0. The molecule has 0 aliphatic rings. The second-order valence-electron chi connectivity index (χ2n) is 4.35. The van der Waals surface area contributed by atoms with E-state index in [4.69, 9.17) is 4.74 Å². The van der Waals surface area contributed by atoms with E-state index in [-0.39, 0.29) is 12.6 Å². The zero-order valence-corrected chi connectivity index (χ0v) is 10.9. The molecule has 98 valence electrons. The van der Waals surface area contributed by atoms with Crippen molar-refractivity contribution in [2.45, 2.75) is 20.1 Å². The maximum Gasteiger partial charge on any atom is 0.333 e. The van der Waals surface area contributed by atoms with Crippen LogP contribution in [0.2, 0.25) is 0 Å². The summed E-state index contributed by atoms with van der Waals surface area (Å²) in [6.45, 7) is 6.09. The molecular weight excluding hydrogens is 240 g/mol. The summed E-state index contributed by atoms with van der Waals surface area (Å²) in [5, 5.41) is 0. The van der Waals surface area contributed by atoms with Gasteiger partial charge in [-0.15, -0.1) is 0 Å². The molecule has 0 N–H and O–H groups in total. The van der Waals surface area contributed by atoms with Crippen molar-refractivity contribution in [3.8, 4) is 0 Å². The normalized spacial score (nSPS) is 10.2. The molecule has 2 aromatic rings. The van der Waals surface area contributed by atoms with Gasteiger partial charge in [0.15, 0.2) is 0 Å². The summed E-state index contributed by atoms with van der Waals surface area (Å²) in [6.07, 6.45) is 3.44. The van der Waals surface area contributed by atoms with Crippen LogP contribution in [0.25, 0.3) is 0 Å². The number of nitrogens with zero attached hydrogens (tertiary/aromatic N) is 2. The quantitative estimate of drug-likeness (QED) is 0.610. The van der Waals surface area contributed by atoms with Crippen LogP contribution in [0.15, 0.2) is 55.0 Å². The first-order valence-corrected chi connectivity index (χ1v) is 6.02. The summed E-state index contributed by atoms with van der Waals surface area (Å²) < 4.78 is 7.09. The van der Waals surface area contributed by atoms with Gasteiger partial charge in [-0.1, -0.05) is 36.9 Å². The molecule has 0 atom stereocenters. The molecular formula is C15H16N2O2. The third-order valence-corrected chi connectivity index (χ3v) is 2.69. The van der Waals surface area contributed by atoms with Crippen LogP contribution >= 0.6 is 0 Å². The summed E-state index contributed by atoms with van der Waals surface area (Å²) in [7, 11) is 0. The Morgan fingerprint density at radius 3 is 2.79 bits per heavy atom. The van der Waals surface area contributed by atoms with E-state index >= 15 is 0 Å². The minimum Gasteiger partial charge on any atom is -0.456 e. The van der Waals surface area contributed by atoms with Gasteiger partial charge in [0.1, 0.15) is 6.61 Å². The van der Waals surface area contributed by atoms with Crippen molar-refractivity contribution in [2.75, 3.05) is 0 Å². The molecule has 4 nitrogen and oxygen atoms in total. The predicted molar refractivity (Wildman–Crippen MR) is 72.4 cm³/mol. The molecule has 0 bridgehead atoms. The van der Waals surface area contributed by atoms with Crippen molar-refractivity contribution in [1.82, 2.24) is 9.55 Å². The molecule has 0 radical (unpaired) electrons. The lowest BCUT2D eigenvalue weighted by Crippen LogP contribution is -2.09. The summed E-state index contributed by atoms with van der Waals surface area (Å²) in [5.41, 5.74) is 2.43. The van der Waals surface area contributed by atoms with Gasteiger partial charge in [0.2, 0.25) is 0 Å².